The summed E-state index contributed by atoms with van der Waals surface area (Å²) in [5.74, 6) is -1.36. The van der Waals surface area contributed by atoms with E-state index in [0.717, 1.165) is 31.8 Å². The molecule has 6 heteroatoms. The Hall–Kier alpha value is -1.08. The van der Waals surface area contributed by atoms with Gasteiger partial charge in [-0.1, -0.05) is 6.07 Å². The summed E-state index contributed by atoms with van der Waals surface area (Å²) in [6.07, 6.45) is -1.34. The first kappa shape index (κ1) is 17.3. The lowest BCUT2D eigenvalue weighted by molar-refractivity contribution is 0.0234. The Balaban J connectivity index is 1.92. The highest BCUT2D eigenvalue weighted by molar-refractivity contribution is 5.21. The number of piperazine rings is 1. The van der Waals surface area contributed by atoms with Gasteiger partial charge in [0.05, 0.1) is 12.2 Å². The average molecular weight is 314 g/mol. The van der Waals surface area contributed by atoms with Gasteiger partial charge in [-0.3, -0.25) is 9.80 Å². The van der Waals surface area contributed by atoms with Crippen molar-refractivity contribution in [1.82, 2.24) is 9.80 Å². The molecule has 3 atom stereocenters. The van der Waals surface area contributed by atoms with E-state index in [9.17, 15) is 19.0 Å². The number of aliphatic hydroxyl groups excluding tert-OH is 2. The van der Waals surface area contributed by atoms with Crippen LogP contribution in [-0.2, 0) is 0 Å². The lowest BCUT2D eigenvalue weighted by atomic mass is 10.1. The molecule has 0 radical (unpaired) electrons. The fraction of sp³-hybridized carbons (Fsp3) is 0.625. The van der Waals surface area contributed by atoms with Crippen LogP contribution in [0.2, 0.25) is 0 Å². The van der Waals surface area contributed by atoms with Crippen LogP contribution in [0.5, 0.6) is 0 Å². The zero-order valence-corrected chi connectivity index (χ0v) is 13.0. The van der Waals surface area contributed by atoms with Crippen molar-refractivity contribution < 1.29 is 19.0 Å². The molecule has 1 aliphatic heterocycles. The second kappa shape index (κ2) is 7.46. The maximum atomic E-state index is 13.7. The number of halogens is 2. The van der Waals surface area contributed by atoms with Crippen molar-refractivity contribution in [3.63, 3.8) is 0 Å². The number of rotatable bonds is 5. The highest BCUT2D eigenvalue weighted by Crippen LogP contribution is 2.20. The smallest absolute Gasteiger partial charge is 0.131 e. The van der Waals surface area contributed by atoms with Gasteiger partial charge in [0, 0.05) is 50.4 Å². The molecule has 0 saturated carbocycles. The number of aliphatic hydroxyl groups is 2. The van der Waals surface area contributed by atoms with E-state index >= 15 is 0 Å². The first-order valence-electron chi connectivity index (χ1n) is 7.64. The Labute approximate surface area is 130 Å². The number of hydrogen-bond acceptors (Lipinski definition) is 4. The summed E-state index contributed by atoms with van der Waals surface area (Å²) in [7, 11) is 0. The van der Waals surface area contributed by atoms with Crippen LogP contribution in [-0.4, -0.2) is 64.9 Å². The molecule has 22 heavy (non-hydrogen) atoms. The van der Waals surface area contributed by atoms with Crippen molar-refractivity contribution in [2.75, 3.05) is 32.7 Å². The number of β-amino-alcohol motifs (C(OH)–C–C–N with tert-alkyl or cyclic N) is 2. The fourth-order valence-electron chi connectivity index (χ4n) is 2.96. The third kappa shape index (κ3) is 4.46. The molecular formula is C16H24F2N2O2. The standard InChI is InChI=1S/C16H24F2N2O2/c1-11-8-19(5-6-20(11)9-12(2)21)10-16(22)14-4-3-13(17)7-15(14)18/h3-4,7,11-12,16,21-22H,5-6,8-10H2,1-2H3/t11-,12-,16+/m0/s1. The molecule has 1 saturated heterocycles. The molecule has 1 heterocycles. The Morgan fingerprint density at radius 3 is 2.55 bits per heavy atom. The van der Waals surface area contributed by atoms with E-state index in [0.29, 0.717) is 13.1 Å². The summed E-state index contributed by atoms with van der Waals surface area (Å²) in [5.41, 5.74) is 0.125. The summed E-state index contributed by atoms with van der Waals surface area (Å²) in [5, 5.41) is 19.7. The summed E-state index contributed by atoms with van der Waals surface area (Å²) >= 11 is 0. The minimum absolute atomic E-state index is 0.125. The molecule has 0 aliphatic carbocycles. The molecule has 1 aliphatic rings. The number of benzene rings is 1. The molecule has 1 fully saturated rings. The molecule has 4 nitrogen and oxygen atoms in total. The van der Waals surface area contributed by atoms with E-state index < -0.39 is 17.7 Å². The third-order valence-corrected chi connectivity index (χ3v) is 4.10. The molecular weight excluding hydrogens is 290 g/mol. The maximum absolute atomic E-state index is 13.7. The van der Waals surface area contributed by atoms with Crippen molar-refractivity contribution in [1.29, 1.82) is 0 Å². The van der Waals surface area contributed by atoms with Crippen LogP contribution in [0.25, 0.3) is 0 Å². The topological polar surface area (TPSA) is 46.9 Å². The summed E-state index contributed by atoms with van der Waals surface area (Å²) < 4.78 is 26.6. The first-order valence-corrected chi connectivity index (χ1v) is 7.64. The van der Waals surface area contributed by atoms with Gasteiger partial charge in [0.15, 0.2) is 0 Å². The van der Waals surface area contributed by atoms with Gasteiger partial charge < -0.3 is 10.2 Å². The van der Waals surface area contributed by atoms with Crippen LogP contribution in [0.1, 0.15) is 25.5 Å². The van der Waals surface area contributed by atoms with E-state index in [4.69, 9.17) is 0 Å². The second-order valence-electron chi connectivity index (χ2n) is 6.13. The predicted octanol–water partition coefficient (Wildman–Crippen LogP) is 1.39. The lowest BCUT2D eigenvalue weighted by Gasteiger charge is -2.41. The van der Waals surface area contributed by atoms with Crippen molar-refractivity contribution in [2.45, 2.75) is 32.1 Å². The largest absolute Gasteiger partial charge is 0.392 e. The van der Waals surface area contributed by atoms with Crippen LogP contribution in [0, 0.1) is 11.6 Å². The highest BCUT2D eigenvalue weighted by atomic mass is 19.1. The van der Waals surface area contributed by atoms with Crippen LogP contribution in [0.15, 0.2) is 18.2 Å². The summed E-state index contributed by atoms with van der Waals surface area (Å²) in [4.78, 5) is 4.27. The van der Waals surface area contributed by atoms with Crippen molar-refractivity contribution in [3.8, 4) is 0 Å². The monoisotopic (exact) mass is 314 g/mol. The Morgan fingerprint density at radius 1 is 1.23 bits per heavy atom. The van der Waals surface area contributed by atoms with Crippen molar-refractivity contribution >= 4 is 0 Å². The molecule has 1 aromatic carbocycles. The van der Waals surface area contributed by atoms with Crippen LogP contribution >= 0.6 is 0 Å². The van der Waals surface area contributed by atoms with Gasteiger partial charge >= 0.3 is 0 Å². The van der Waals surface area contributed by atoms with E-state index in [2.05, 4.69) is 16.7 Å². The van der Waals surface area contributed by atoms with Gasteiger partial charge in [-0.25, -0.2) is 8.78 Å². The van der Waals surface area contributed by atoms with E-state index in [-0.39, 0.29) is 17.7 Å². The van der Waals surface area contributed by atoms with E-state index in [1.165, 1.54) is 6.07 Å². The molecule has 0 spiro atoms. The zero-order valence-electron chi connectivity index (χ0n) is 13.0. The van der Waals surface area contributed by atoms with Crippen molar-refractivity contribution in [2.24, 2.45) is 0 Å². The maximum Gasteiger partial charge on any atom is 0.131 e. The van der Waals surface area contributed by atoms with Gasteiger partial charge in [-0.05, 0) is 19.9 Å². The Morgan fingerprint density at radius 2 is 1.95 bits per heavy atom. The molecule has 2 rings (SSSR count). The molecule has 0 aromatic heterocycles. The minimum atomic E-state index is -0.976. The summed E-state index contributed by atoms with van der Waals surface area (Å²) in [6.45, 7) is 7.06. The summed E-state index contributed by atoms with van der Waals surface area (Å²) in [6, 6.07) is 3.50. The average Bonchev–Trinajstić information content (AvgIpc) is 2.41. The first-order chi connectivity index (χ1) is 10.4. The number of nitrogens with zero attached hydrogens (tertiary/aromatic N) is 2. The van der Waals surface area contributed by atoms with Crippen molar-refractivity contribution in [3.05, 3.63) is 35.4 Å². The quantitative estimate of drug-likeness (QED) is 0.862. The lowest BCUT2D eigenvalue weighted by Crippen LogP contribution is -2.54. The van der Waals surface area contributed by atoms with Crippen LogP contribution in [0.3, 0.4) is 0 Å². The third-order valence-electron chi connectivity index (χ3n) is 4.10. The van der Waals surface area contributed by atoms with Gasteiger partial charge in [-0.2, -0.15) is 0 Å². The van der Waals surface area contributed by atoms with E-state index in [1.807, 2.05) is 0 Å². The molecule has 0 amide bonds. The van der Waals surface area contributed by atoms with Crippen LogP contribution in [0.4, 0.5) is 8.78 Å². The number of hydrogen-bond donors (Lipinski definition) is 2. The Bertz CT molecular complexity index is 499. The van der Waals surface area contributed by atoms with Crippen LogP contribution < -0.4 is 0 Å². The fourth-order valence-corrected chi connectivity index (χ4v) is 2.96. The van der Waals surface area contributed by atoms with Gasteiger partial charge in [-0.15, -0.1) is 0 Å². The highest BCUT2D eigenvalue weighted by Gasteiger charge is 2.26. The molecule has 0 unspecified atom stereocenters. The molecule has 0 bridgehead atoms. The molecule has 124 valence electrons. The second-order valence-corrected chi connectivity index (χ2v) is 6.13. The SMILES string of the molecule is C[C@H](O)CN1CCN(C[C@@H](O)c2ccc(F)cc2F)C[C@@H]1C. The van der Waals surface area contributed by atoms with Gasteiger partial charge in [0.25, 0.3) is 0 Å². The van der Waals surface area contributed by atoms with Gasteiger partial charge in [0.2, 0.25) is 0 Å². The minimum Gasteiger partial charge on any atom is -0.392 e. The van der Waals surface area contributed by atoms with Gasteiger partial charge in [0.1, 0.15) is 11.6 Å². The van der Waals surface area contributed by atoms with E-state index in [1.54, 1.807) is 6.92 Å². The normalized spacial score (nSPS) is 23.5. The Kier molecular flexibility index (Phi) is 5.86. The predicted molar refractivity (Wildman–Crippen MR) is 80.5 cm³/mol. The zero-order chi connectivity index (χ0) is 16.3. The molecule has 1 aromatic rings. The molecule has 2 N–H and O–H groups in total.